The van der Waals surface area contributed by atoms with Gasteiger partial charge in [0.05, 0.1) is 19.1 Å². The van der Waals surface area contributed by atoms with Crippen molar-refractivity contribution >= 4 is 11.9 Å². The lowest BCUT2D eigenvalue weighted by Crippen LogP contribution is -2.48. The highest BCUT2D eigenvalue weighted by Gasteiger charge is 2.27. The Morgan fingerprint density at radius 2 is 2.06 bits per heavy atom. The highest BCUT2D eigenvalue weighted by atomic mass is 16.5. The predicted molar refractivity (Wildman–Crippen MR) is 65.7 cm³/mol. The quantitative estimate of drug-likeness (QED) is 0.659. The summed E-state index contributed by atoms with van der Waals surface area (Å²) in [6.07, 6.45) is 1.61. The van der Waals surface area contributed by atoms with E-state index in [1.54, 1.807) is 6.92 Å². The zero-order valence-electron chi connectivity index (χ0n) is 11.0. The summed E-state index contributed by atoms with van der Waals surface area (Å²) >= 11 is 0. The van der Waals surface area contributed by atoms with E-state index in [0.29, 0.717) is 13.2 Å². The lowest BCUT2D eigenvalue weighted by molar-refractivity contribution is -0.144. The van der Waals surface area contributed by atoms with Crippen molar-refractivity contribution in [2.75, 3.05) is 26.9 Å². The fourth-order valence-corrected chi connectivity index (χ4v) is 1.95. The maximum Gasteiger partial charge on any atom is 0.310 e. The number of carbonyl (C=O) groups excluding carboxylic acids is 2. The van der Waals surface area contributed by atoms with Gasteiger partial charge in [-0.15, -0.1) is 0 Å². The molecule has 1 aliphatic heterocycles. The van der Waals surface area contributed by atoms with Crippen molar-refractivity contribution < 1.29 is 19.1 Å². The van der Waals surface area contributed by atoms with Gasteiger partial charge in [0.2, 0.25) is 5.91 Å². The van der Waals surface area contributed by atoms with Gasteiger partial charge in [-0.05, 0) is 18.8 Å². The van der Waals surface area contributed by atoms with E-state index < -0.39 is 6.04 Å². The standard InChI is InChI=1S/C12H22N2O4/c1-8(12(16)17-2)7-14-11(15)10(13)9-3-5-18-6-4-9/h8-10H,3-7,13H2,1-2H3,(H,14,15). The number of hydrogen-bond donors (Lipinski definition) is 2. The Morgan fingerprint density at radius 1 is 1.44 bits per heavy atom. The first kappa shape index (κ1) is 14.9. The maximum atomic E-state index is 11.8. The van der Waals surface area contributed by atoms with E-state index in [1.807, 2.05) is 0 Å². The molecule has 104 valence electrons. The Morgan fingerprint density at radius 3 is 2.61 bits per heavy atom. The molecule has 1 fully saturated rings. The predicted octanol–water partition coefficient (Wildman–Crippen LogP) is -0.334. The van der Waals surface area contributed by atoms with E-state index in [4.69, 9.17) is 10.5 Å². The molecule has 18 heavy (non-hydrogen) atoms. The molecule has 1 aliphatic rings. The van der Waals surface area contributed by atoms with E-state index in [-0.39, 0.29) is 30.3 Å². The average molecular weight is 258 g/mol. The highest BCUT2D eigenvalue weighted by molar-refractivity contribution is 5.82. The smallest absolute Gasteiger partial charge is 0.310 e. The van der Waals surface area contributed by atoms with E-state index in [0.717, 1.165) is 12.8 Å². The molecule has 2 atom stereocenters. The van der Waals surface area contributed by atoms with Crippen LogP contribution in [-0.4, -0.2) is 44.8 Å². The number of methoxy groups -OCH3 is 1. The summed E-state index contributed by atoms with van der Waals surface area (Å²) in [5, 5.41) is 2.69. The molecule has 0 radical (unpaired) electrons. The number of ether oxygens (including phenoxy) is 2. The molecule has 3 N–H and O–H groups in total. The second-order valence-electron chi connectivity index (χ2n) is 4.64. The van der Waals surface area contributed by atoms with E-state index in [2.05, 4.69) is 10.1 Å². The summed E-state index contributed by atoms with van der Waals surface area (Å²) in [4.78, 5) is 23.0. The molecule has 6 heteroatoms. The van der Waals surface area contributed by atoms with Crippen LogP contribution in [0, 0.1) is 11.8 Å². The summed E-state index contributed by atoms with van der Waals surface area (Å²) in [6.45, 7) is 3.27. The molecule has 6 nitrogen and oxygen atoms in total. The summed E-state index contributed by atoms with van der Waals surface area (Å²) in [6, 6.07) is -0.529. The number of amides is 1. The van der Waals surface area contributed by atoms with Gasteiger partial charge < -0.3 is 20.5 Å². The summed E-state index contributed by atoms with van der Waals surface area (Å²) in [5.74, 6) is -0.749. The zero-order valence-corrected chi connectivity index (χ0v) is 11.0. The lowest BCUT2D eigenvalue weighted by atomic mass is 9.92. The van der Waals surface area contributed by atoms with Crippen LogP contribution in [0.2, 0.25) is 0 Å². The van der Waals surface area contributed by atoms with Crippen molar-refractivity contribution in [2.45, 2.75) is 25.8 Å². The van der Waals surface area contributed by atoms with Crippen LogP contribution < -0.4 is 11.1 Å². The Labute approximate surface area is 107 Å². The van der Waals surface area contributed by atoms with Crippen LogP contribution in [0.5, 0.6) is 0 Å². The van der Waals surface area contributed by atoms with E-state index in [1.165, 1.54) is 7.11 Å². The molecule has 0 aromatic rings. The summed E-state index contributed by atoms with van der Waals surface area (Å²) in [7, 11) is 1.33. The van der Waals surface area contributed by atoms with Crippen LogP contribution in [0.3, 0.4) is 0 Å². The van der Waals surface area contributed by atoms with Crippen LogP contribution in [-0.2, 0) is 19.1 Å². The molecule has 1 heterocycles. The van der Waals surface area contributed by atoms with E-state index in [9.17, 15) is 9.59 Å². The SMILES string of the molecule is COC(=O)C(C)CNC(=O)C(N)C1CCOCC1. The van der Waals surface area contributed by atoms with Gasteiger partial charge in [-0.25, -0.2) is 0 Å². The van der Waals surface area contributed by atoms with Crippen molar-refractivity contribution in [1.82, 2.24) is 5.32 Å². The number of nitrogens with one attached hydrogen (secondary N) is 1. The van der Waals surface area contributed by atoms with Crippen molar-refractivity contribution in [3.63, 3.8) is 0 Å². The number of esters is 1. The molecule has 0 bridgehead atoms. The van der Waals surface area contributed by atoms with Crippen molar-refractivity contribution in [3.05, 3.63) is 0 Å². The Bertz CT molecular complexity index is 290. The van der Waals surface area contributed by atoms with Gasteiger partial charge in [-0.2, -0.15) is 0 Å². The molecule has 0 aliphatic carbocycles. The van der Waals surface area contributed by atoms with Gasteiger partial charge in [-0.3, -0.25) is 9.59 Å². The van der Waals surface area contributed by atoms with Crippen LogP contribution in [0.1, 0.15) is 19.8 Å². The van der Waals surface area contributed by atoms with Crippen LogP contribution in [0.25, 0.3) is 0 Å². The Hall–Kier alpha value is -1.14. The number of rotatable bonds is 5. The first-order valence-electron chi connectivity index (χ1n) is 6.25. The third-order valence-corrected chi connectivity index (χ3v) is 3.26. The Balaban J connectivity index is 2.33. The minimum Gasteiger partial charge on any atom is -0.469 e. The first-order chi connectivity index (χ1) is 8.56. The van der Waals surface area contributed by atoms with E-state index >= 15 is 0 Å². The van der Waals surface area contributed by atoms with Gasteiger partial charge in [-0.1, -0.05) is 6.92 Å². The minimum atomic E-state index is -0.529. The fourth-order valence-electron chi connectivity index (χ4n) is 1.95. The molecule has 2 unspecified atom stereocenters. The molecule has 0 aromatic carbocycles. The van der Waals surface area contributed by atoms with Gasteiger partial charge >= 0.3 is 5.97 Å². The van der Waals surface area contributed by atoms with Crippen LogP contribution in [0.15, 0.2) is 0 Å². The van der Waals surface area contributed by atoms with Gasteiger partial charge in [0.15, 0.2) is 0 Å². The normalized spacial score (nSPS) is 19.9. The van der Waals surface area contributed by atoms with Crippen LogP contribution in [0.4, 0.5) is 0 Å². The van der Waals surface area contributed by atoms with Crippen molar-refractivity contribution in [3.8, 4) is 0 Å². The monoisotopic (exact) mass is 258 g/mol. The highest BCUT2D eigenvalue weighted by Crippen LogP contribution is 2.17. The molecular formula is C12H22N2O4. The molecule has 1 saturated heterocycles. The summed E-state index contributed by atoms with van der Waals surface area (Å²) < 4.78 is 9.81. The lowest BCUT2D eigenvalue weighted by Gasteiger charge is -2.27. The summed E-state index contributed by atoms with van der Waals surface area (Å²) in [5.41, 5.74) is 5.90. The first-order valence-corrected chi connectivity index (χ1v) is 6.25. The molecule has 1 rings (SSSR count). The molecular weight excluding hydrogens is 236 g/mol. The minimum absolute atomic E-state index is 0.159. The molecule has 1 amide bonds. The second kappa shape index (κ2) is 7.33. The molecule has 0 aromatic heterocycles. The topological polar surface area (TPSA) is 90.7 Å². The number of carbonyl (C=O) groups is 2. The average Bonchev–Trinajstić information content (AvgIpc) is 2.43. The van der Waals surface area contributed by atoms with Gasteiger partial charge in [0.1, 0.15) is 0 Å². The number of hydrogen-bond acceptors (Lipinski definition) is 5. The molecule has 0 saturated carbocycles. The maximum absolute atomic E-state index is 11.8. The number of nitrogens with two attached hydrogens (primary N) is 1. The fraction of sp³-hybridized carbons (Fsp3) is 0.833. The van der Waals surface area contributed by atoms with Gasteiger partial charge in [0, 0.05) is 19.8 Å². The van der Waals surface area contributed by atoms with Crippen molar-refractivity contribution in [2.24, 2.45) is 17.6 Å². The largest absolute Gasteiger partial charge is 0.469 e. The Kier molecular flexibility index (Phi) is 6.07. The van der Waals surface area contributed by atoms with Gasteiger partial charge in [0.25, 0.3) is 0 Å². The van der Waals surface area contributed by atoms with Crippen LogP contribution >= 0.6 is 0 Å². The third kappa shape index (κ3) is 4.27. The third-order valence-electron chi connectivity index (χ3n) is 3.26. The molecule has 0 spiro atoms. The van der Waals surface area contributed by atoms with Crippen molar-refractivity contribution in [1.29, 1.82) is 0 Å². The zero-order chi connectivity index (χ0) is 13.5. The second-order valence-corrected chi connectivity index (χ2v) is 4.64.